The van der Waals surface area contributed by atoms with Crippen LogP contribution in [0.2, 0.25) is 0 Å². The smallest absolute Gasteiger partial charge is 0.307 e. The summed E-state index contributed by atoms with van der Waals surface area (Å²) in [5.74, 6) is -1.43. The summed E-state index contributed by atoms with van der Waals surface area (Å²) < 4.78 is 5.46. The standard InChI is InChI=1S/C15H25NO4/c1-3-10-7-12(13(8-10)15(18)19)14(17)16-11-4-5-20-9(2)6-11/h9-13H,3-8H2,1-2H3,(H,16,17)(H,18,19)/t9?,10?,11?,12-,13+/m0/s1. The van der Waals surface area contributed by atoms with Gasteiger partial charge in [0.15, 0.2) is 0 Å². The van der Waals surface area contributed by atoms with Crippen molar-refractivity contribution in [3.05, 3.63) is 0 Å². The second-order valence-electron chi connectivity index (χ2n) is 6.21. The van der Waals surface area contributed by atoms with Crippen molar-refractivity contribution in [2.24, 2.45) is 17.8 Å². The molecule has 5 nitrogen and oxygen atoms in total. The highest BCUT2D eigenvalue weighted by atomic mass is 16.5. The molecule has 1 saturated carbocycles. The van der Waals surface area contributed by atoms with Crippen LogP contribution in [0.4, 0.5) is 0 Å². The predicted octanol–water partition coefficient (Wildman–Crippen LogP) is 1.81. The lowest BCUT2D eigenvalue weighted by atomic mass is 9.94. The first-order valence-corrected chi connectivity index (χ1v) is 7.66. The molecule has 1 amide bonds. The number of hydrogen-bond donors (Lipinski definition) is 2. The van der Waals surface area contributed by atoms with Crippen LogP contribution in [0.3, 0.4) is 0 Å². The van der Waals surface area contributed by atoms with Gasteiger partial charge in [0.1, 0.15) is 0 Å². The van der Waals surface area contributed by atoms with Gasteiger partial charge in [-0.3, -0.25) is 9.59 Å². The summed E-state index contributed by atoms with van der Waals surface area (Å²) in [5.41, 5.74) is 0. The summed E-state index contributed by atoms with van der Waals surface area (Å²) in [6, 6.07) is 0.126. The number of carboxylic acid groups (broad SMARTS) is 1. The molecule has 1 aliphatic heterocycles. The molecule has 1 aliphatic carbocycles. The summed E-state index contributed by atoms with van der Waals surface area (Å²) in [5, 5.41) is 12.3. The van der Waals surface area contributed by atoms with Gasteiger partial charge in [-0.05, 0) is 38.5 Å². The zero-order chi connectivity index (χ0) is 14.7. The first-order chi connectivity index (χ1) is 9.51. The van der Waals surface area contributed by atoms with E-state index in [1.807, 2.05) is 6.92 Å². The van der Waals surface area contributed by atoms with Crippen molar-refractivity contribution < 1.29 is 19.4 Å². The SMILES string of the molecule is CCC1C[C@H](C(=O)NC2CCOC(C)C2)[C@H](C(=O)O)C1. The molecule has 20 heavy (non-hydrogen) atoms. The Labute approximate surface area is 120 Å². The maximum absolute atomic E-state index is 12.4. The molecule has 0 aromatic rings. The molecule has 0 aromatic heterocycles. The molecule has 2 fully saturated rings. The summed E-state index contributed by atoms with van der Waals surface area (Å²) in [6.45, 7) is 4.72. The van der Waals surface area contributed by atoms with Gasteiger partial charge < -0.3 is 15.2 Å². The van der Waals surface area contributed by atoms with Gasteiger partial charge >= 0.3 is 5.97 Å². The summed E-state index contributed by atoms with van der Waals surface area (Å²) in [6.07, 6.45) is 4.08. The van der Waals surface area contributed by atoms with E-state index in [1.54, 1.807) is 0 Å². The molecule has 0 radical (unpaired) electrons. The Morgan fingerprint density at radius 1 is 1.25 bits per heavy atom. The molecular formula is C15H25NO4. The van der Waals surface area contributed by atoms with Gasteiger partial charge in [0.05, 0.1) is 17.9 Å². The molecule has 1 saturated heterocycles. The van der Waals surface area contributed by atoms with Crippen LogP contribution >= 0.6 is 0 Å². The molecule has 2 rings (SSSR count). The van der Waals surface area contributed by atoms with Crippen LogP contribution < -0.4 is 5.32 Å². The molecule has 5 heteroatoms. The number of carboxylic acids is 1. The molecule has 114 valence electrons. The van der Waals surface area contributed by atoms with E-state index < -0.39 is 11.9 Å². The van der Waals surface area contributed by atoms with Crippen molar-refractivity contribution >= 4 is 11.9 Å². The zero-order valence-corrected chi connectivity index (χ0v) is 12.3. The second-order valence-corrected chi connectivity index (χ2v) is 6.21. The molecule has 5 atom stereocenters. The van der Waals surface area contributed by atoms with E-state index in [2.05, 4.69) is 12.2 Å². The largest absolute Gasteiger partial charge is 0.481 e. The van der Waals surface area contributed by atoms with Crippen molar-refractivity contribution in [3.8, 4) is 0 Å². The van der Waals surface area contributed by atoms with Crippen molar-refractivity contribution in [2.75, 3.05) is 6.61 Å². The third-order valence-electron chi connectivity index (χ3n) is 4.72. The number of aliphatic carboxylic acids is 1. The number of amides is 1. The number of nitrogens with one attached hydrogen (secondary N) is 1. The monoisotopic (exact) mass is 283 g/mol. The maximum atomic E-state index is 12.4. The van der Waals surface area contributed by atoms with E-state index in [9.17, 15) is 14.7 Å². The Balaban J connectivity index is 1.94. The molecule has 0 aromatic carbocycles. The van der Waals surface area contributed by atoms with E-state index in [4.69, 9.17) is 4.74 Å². The molecular weight excluding hydrogens is 258 g/mol. The fourth-order valence-electron chi connectivity index (χ4n) is 3.48. The fourth-order valence-corrected chi connectivity index (χ4v) is 3.48. The van der Waals surface area contributed by atoms with Gasteiger partial charge in [0, 0.05) is 12.6 Å². The van der Waals surface area contributed by atoms with Gasteiger partial charge in [-0.2, -0.15) is 0 Å². The number of carbonyl (C=O) groups excluding carboxylic acids is 1. The van der Waals surface area contributed by atoms with Gasteiger partial charge in [-0.1, -0.05) is 13.3 Å². The lowest BCUT2D eigenvalue weighted by Gasteiger charge is -2.29. The van der Waals surface area contributed by atoms with Crippen LogP contribution in [-0.4, -0.2) is 35.7 Å². The number of hydrogen-bond acceptors (Lipinski definition) is 3. The van der Waals surface area contributed by atoms with Crippen LogP contribution in [0.1, 0.15) is 46.0 Å². The van der Waals surface area contributed by atoms with Gasteiger partial charge in [-0.15, -0.1) is 0 Å². The lowest BCUT2D eigenvalue weighted by molar-refractivity contribution is -0.146. The third kappa shape index (κ3) is 3.51. The van der Waals surface area contributed by atoms with E-state index in [-0.39, 0.29) is 24.0 Å². The summed E-state index contributed by atoms with van der Waals surface area (Å²) >= 11 is 0. The van der Waals surface area contributed by atoms with Gasteiger partial charge in [-0.25, -0.2) is 0 Å². The molecule has 0 bridgehead atoms. The zero-order valence-electron chi connectivity index (χ0n) is 12.3. The first kappa shape index (κ1) is 15.3. The van der Waals surface area contributed by atoms with Crippen LogP contribution in [0.5, 0.6) is 0 Å². The minimum absolute atomic E-state index is 0.0764. The Kier molecular flexibility index (Phi) is 5.02. The van der Waals surface area contributed by atoms with Crippen molar-refractivity contribution in [1.29, 1.82) is 0 Å². The topological polar surface area (TPSA) is 75.6 Å². The quantitative estimate of drug-likeness (QED) is 0.825. The van der Waals surface area contributed by atoms with Crippen molar-refractivity contribution in [2.45, 2.75) is 58.1 Å². The van der Waals surface area contributed by atoms with Crippen LogP contribution in [-0.2, 0) is 14.3 Å². The lowest BCUT2D eigenvalue weighted by Crippen LogP contribution is -2.45. The number of rotatable bonds is 4. The Morgan fingerprint density at radius 3 is 2.55 bits per heavy atom. The predicted molar refractivity (Wildman–Crippen MR) is 74.2 cm³/mol. The Morgan fingerprint density at radius 2 is 1.95 bits per heavy atom. The van der Waals surface area contributed by atoms with Crippen LogP contribution in [0.15, 0.2) is 0 Å². The number of ether oxygens (including phenoxy) is 1. The molecule has 0 spiro atoms. The average molecular weight is 283 g/mol. The molecule has 2 N–H and O–H groups in total. The van der Waals surface area contributed by atoms with Crippen LogP contribution in [0, 0.1) is 17.8 Å². The third-order valence-corrected chi connectivity index (χ3v) is 4.72. The highest BCUT2D eigenvalue weighted by molar-refractivity contribution is 5.85. The first-order valence-electron chi connectivity index (χ1n) is 7.66. The van der Waals surface area contributed by atoms with Gasteiger partial charge in [0.2, 0.25) is 5.91 Å². The van der Waals surface area contributed by atoms with E-state index >= 15 is 0 Å². The summed E-state index contributed by atoms with van der Waals surface area (Å²) in [4.78, 5) is 23.7. The maximum Gasteiger partial charge on any atom is 0.307 e. The average Bonchev–Trinajstić information content (AvgIpc) is 2.83. The molecule has 1 heterocycles. The second kappa shape index (κ2) is 6.57. The van der Waals surface area contributed by atoms with E-state index in [0.29, 0.717) is 25.4 Å². The molecule has 3 unspecified atom stereocenters. The summed E-state index contributed by atoms with van der Waals surface area (Å²) in [7, 11) is 0. The molecule has 2 aliphatic rings. The van der Waals surface area contributed by atoms with E-state index in [0.717, 1.165) is 19.3 Å². The highest BCUT2D eigenvalue weighted by Crippen LogP contribution is 2.38. The number of carbonyl (C=O) groups is 2. The fraction of sp³-hybridized carbons (Fsp3) is 0.867. The van der Waals surface area contributed by atoms with E-state index in [1.165, 1.54) is 0 Å². The van der Waals surface area contributed by atoms with Crippen LogP contribution in [0.25, 0.3) is 0 Å². The minimum Gasteiger partial charge on any atom is -0.481 e. The van der Waals surface area contributed by atoms with Crippen molar-refractivity contribution in [1.82, 2.24) is 5.32 Å². The normalized spacial score (nSPS) is 37.6. The Bertz CT molecular complexity index is 371. The highest BCUT2D eigenvalue weighted by Gasteiger charge is 2.42. The minimum atomic E-state index is -0.832. The van der Waals surface area contributed by atoms with Crippen molar-refractivity contribution in [3.63, 3.8) is 0 Å². The van der Waals surface area contributed by atoms with Gasteiger partial charge in [0.25, 0.3) is 0 Å². The Hall–Kier alpha value is -1.10.